The lowest BCUT2D eigenvalue weighted by atomic mass is 10.0. The summed E-state index contributed by atoms with van der Waals surface area (Å²) in [5, 5.41) is 2.44. The quantitative estimate of drug-likeness (QED) is 0.555. The van der Waals surface area contributed by atoms with Crippen LogP contribution >= 0.6 is 15.9 Å². The highest BCUT2D eigenvalue weighted by atomic mass is 79.9. The monoisotopic (exact) mass is 314 g/mol. The predicted molar refractivity (Wildman–Crippen MR) is 82.7 cm³/mol. The molecule has 4 rings (SSSR count). The molecule has 3 atom stereocenters. The van der Waals surface area contributed by atoms with Crippen LogP contribution in [-0.2, 0) is 0 Å². The maximum absolute atomic E-state index is 5.87. The Morgan fingerprint density at radius 1 is 1.11 bits per heavy atom. The molecule has 19 heavy (non-hydrogen) atoms. The van der Waals surface area contributed by atoms with Crippen molar-refractivity contribution in [2.45, 2.75) is 18.2 Å². The number of hydrogen-bond donors (Lipinski definition) is 0. The van der Waals surface area contributed by atoms with Gasteiger partial charge in [-0.2, -0.15) is 0 Å². The van der Waals surface area contributed by atoms with E-state index in [1.54, 1.807) is 0 Å². The van der Waals surface area contributed by atoms with E-state index in [4.69, 9.17) is 4.42 Å². The first-order valence-corrected chi connectivity index (χ1v) is 7.71. The van der Waals surface area contributed by atoms with Gasteiger partial charge in [0.2, 0.25) is 0 Å². The van der Waals surface area contributed by atoms with Crippen LogP contribution in [0, 0.1) is 11.8 Å². The smallest absolute Gasteiger partial charge is 0.135 e. The molecule has 0 bridgehead atoms. The molecule has 1 saturated carbocycles. The first kappa shape index (κ1) is 11.5. The fraction of sp³-hybridized carbons (Fsp3) is 0.294. The van der Waals surface area contributed by atoms with Crippen molar-refractivity contribution >= 4 is 37.9 Å². The molecule has 2 heteroatoms. The molecule has 1 heterocycles. The van der Waals surface area contributed by atoms with Crippen molar-refractivity contribution < 1.29 is 4.42 Å². The Bertz CT molecular complexity index is 758. The highest BCUT2D eigenvalue weighted by Gasteiger charge is 2.38. The van der Waals surface area contributed by atoms with Crippen molar-refractivity contribution in [2.24, 2.45) is 11.8 Å². The molecular weight excluding hydrogens is 300 g/mol. The van der Waals surface area contributed by atoms with Gasteiger partial charge in [0, 0.05) is 15.6 Å². The Kier molecular flexibility index (Phi) is 2.49. The second-order valence-corrected chi connectivity index (χ2v) is 6.62. The predicted octanol–water partition coefficient (Wildman–Crippen LogP) is 5.68. The van der Waals surface area contributed by atoms with Gasteiger partial charge in [0.15, 0.2) is 0 Å². The fourth-order valence-corrected chi connectivity index (χ4v) is 3.94. The average molecular weight is 315 g/mol. The van der Waals surface area contributed by atoms with E-state index in [-0.39, 0.29) is 0 Å². The van der Waals surface area contributed by atoms with Crippen LogP contribution in [0.2, 0.25) is 0 Å². The van der Waals surface area contributed by atoms with E-state index in [0.29, 0.717) is 4.83 Å². The normalized spacial score (nSPS) is 23.9. The molecule has 1 aromatic heterocycles. The second-order valence-electron chi connectivity index (χ2n) is 5.63. The van der Waals surface area contributed by atoms with Crippen LogP contribution in [0.3, 0.4) is 0 Å². The summed E-state index contributed by atoms with van der Waals surface area (Å²) in [6, 6.07) is 14.8. The van der Waals surface area contributed by atoms with Crippen LogP contribution in [0.1, 0.15) is 23.7 Å². The van der Waals surface area contributed by atoms with Gasteiger partial charge in [-0.25, -0.2) is 0 Å². The van der Waals surface area contributed by atoms with Crippen LogP contribution in [0.15, 0.2) is 46.9 Å². The van der Waals surface area contributed by atoms with Gasteiger partial charge in [-0.15, -0.1) is 0 Å². The number of halogens is 1. The number of benzene rings is 2. The second kappa shape index (κ2) is 4.11. The topological polar surface area (TPSA) is 13.1 Å². The molecule has 0 N–H and O–H groups in total. The number of fused-ring (bicyclic) bond motifs is 3. The van der Waals surface area contributed by atoms with Gasteiger partial charge in [-0.3, -0.25) is 0 Å². The van der Waals surface area contributed by atoms with E-state index in [2.05, 4.69) is 53.2 Å². The highest BCUT2D eigenvalue weighted by molar-refractivity contribution is 9.09. The van der Waals surface area contributed by atoms with Crippen molar-refractivity contribution in [1.82, 2.24) is 0 Å². The molecule has 0 amide bonds. The molecule has 1 aliphatic carbocycles. The summed E-state index contributed by atoms with van der Waals surface area (Å²) < 4.78 is 5.87. The summed E-state index contributed by atoms with van der Waals surface area (Å²) in [7, 11) is 0. The van der Waals surface area contributed by atoms with Crippen molar-refractivity contribution in [3.8, 4) is 0 Å². The maximum atomic E-state index is 5.87. The number of furan rings is 1. The van der Waals surface area contributed by atoms with Gasteiger partial charge in [0.25, 0.3) is 0 Å². The van der Waals surface area contributed by atoms with Gasteiger partial charge < -0.3 is 4.42 Å². The molecule has 1 nitrogen and oxygen atoms in total. The summed E-state index contributed by atoms with van der Waals surface area (Å²) in [5.41, 5.74) is 3.32. The molecule has 0 aliphatic heterocycles. The molecule has 3 aromatic rings. The van der Waals surface area contributed by atoms with Crippen LogP contribution in [0.25, 0.3) is 21.9 Å². The largest absolute Gasteiger partial charge is 0.456 e. The zero-order chi connectivity index (χ0) is 13.0. The van der Waals surface area contributed by atoms with Crippen molar-refractivity contribution in [2.75, 3.05) is 0 Å². The Balaban J connectivity index is 1.87. The summed E-state index contributed by atoms with van der Waals surface area (Å²) in [6.07, 6.45) is 1.33. The van der Waals surface area contributed by atoms with Gasteiger partial charge in [-0.1, -0.05) is 47.1 Å². The third-order valence-corrected chi connectivity index (χ3v) is 5.47. The minimum Gasteiger partial charge on any atom is -0.456 e. The number of para-hydroxylation sites is 1. The zero-order valence-corrected chi connectivity index (χ0v) is 12.4. The summed E-state index contributed by atoms with van der Waals surface area (Å²) in [6.45, 7) is 2.32. The summed E-state index contributed by atoms with van der Waals surface area (Å²) in [4.78, 5) is 0.473. The third-order valence-electron chi connectivity index (χ3n) is 4.27. The molecule has 0 radical (unpaired) electrons. The van der Waals surface area contributed by atoms with Gasteiger partial charge in [0.1, 0.15) is 11.2 Å². The number of rotatable bonds is 2. The van der Waals surface area contributed by atoms with E-state index in [1.165, 1.54) is 22.8 Å². The van der Waals surface area contributed by atoms with Gasteiger partial charge >= 0.3 is 0 Å². The van der Waals surface area contributed by atoms with E-state index >= 15 is 0 Å². The molecule has 96 valence electrons. The number of hydrogen-bond acceptors (Lipinski definition) is 1. The first-order chi connectivity index (χ1) is 9.24. The van der Waals surface area contributed by atoms with E-state index in [1.807, 2.05) is 12.1 Å². The van der Waals surface area contributed by atoms with E-state index in [0.717, 1.165) is 23.0 Å². The molecule has 0 saturated heterocycles. The van der Waals surface area contributed by atoms with Crippen LogP contribution in [0.5, 0.6) is 0 Å². The standard InChI is InChI=1S/C17H15BrO/c1-10-8-13(10)17(18)11-6-7-16-14(9-11)12-4-2-3-5-15(12)19-16/h2-7,9-10,13,17H,8H2,1H3. The Labute approximate surface area is 120 Å². The first-order valence-electron chi connectivity index (χ1n) is 6.79. The minimum absolute atomic E-state index is 0.473. The Morgan fingerprint density at radius 2 is 1.84 bits per heavy atom. The van der Waals surface area contributed by atoms with E-state index in [9.17, 15) is 0 Å². The lowest BCUT2D eigenvalue weighted by molar-refractivity contribution is 0.668. The van der Waals surface area contributed by atoms with Crippen LogP contribution in [0.4, 0.5) is 0 Å². The van der Waals surface area contributed by atoms with Gasteiger partial charge in [0.05, 0.1) is 0 Å². The van der Waals surface area contributed by atoms with Crippen molar-refractivity contribution in [3.63, 3.8) is 0 Å². The zero-order valence-electron chi connectivity index (χ0n) is 10.8. The molecular formula is C17H15BrO. The Hall–Kier alpha value is -1.28. The maximum Gasteiger partial charge on any atom is 0.135 e. The summed E-state index contributed by atoms with van der Waals surface area (Å²) >= 11 is 3.86. The minimum atomic E-state index is 0.473. The summed E-state index contributed by atoms with van der Waals surface area (Å²) in [5.74, 6) is 1.64. The van der Waals surface area contributed by atoms with Crippen LogP contribution < -0.4 is 0 Å². The van der Waals surface area contributed by atoms with Crippen molar-refractivity contribution in [1.29, 1.82) is 0 Å². The molecule has 1 fully saturated rings. The SMILES string of the molecule is CC1CC1C(Br)c1ccc2oc3ccccc3c2c1. The van der Waals surface area contributed by atoms with Crippen LogP contribution in [-0.4, -0.2) is 0 Å². The van der Waals surface area contributed by atoms with Gasteiger partial charge in [-0.05, 0) is 42.0 Å². The lowest BCUT2D eigenvalue weighted by Crippen LogP contribution is -1.93. The highest BCUT2D eigenvalue weighted by Crippen LogP contribution is 2.51. The molecule has 1 aliphatic rings. The fourth-order valence-electron chi connectivity index (χ4n) is 2.92. The Morgan fingerprint density at radius 3 is 2.63 bits per heavy atom. The number of alkyl halides is 1. The lowest BCUT2D eigenvalue weighted by Gasteiger charge is -2.09. The molecule has 2 aromatic carbocycles. The molecule has 3 unspecified atom stereocenters. The van der Waals surface area contributed by atoms with Crippen molar-refractivity contribution in [3.05, 3.63) is 48.0 Å². The third kappa shape index (κ3) is 1.81. The average Bonchev–Trinajstić information content (AvgIpc) is 3.05. The molecule has 0 spiro atoms. The van der Waals surface area contributed by atoms with E-state index < -0.39 is 0 Å².